The predicted molar refractivity (Wildman–Crippen MR) is 49.8 cm³/mol. The molecule has 0 bridgehead atoms. The minimum Gasteiger partial charge on any atom is -0.397 e. The molecule has 0 radical (unpaired) electrons. The molecule has 0 spiro atoms. The molecule has 2 N–H and O–H groups in total. The average molecular weight is 179 g/mol. The number of rotatable bonds is 2. The first-order chi connectivity index (χ1) is 5.77. The molecule has 12 heavy (non-hydrogen) atoms. The zero-order chi connectivity index (χ0) is 8.97. The lowest BCUT2D eigenvalue weighted by atomic mass is 10.3. The molecule has 0 saturated heterocycles. The number of anilines is 1. The fraction of sp³-hybridized carbons (Fsp3) is 0.250. The van der Waals surface area contributed by atoms with Gasteiger partial charge in [-0.05, 0) is 11.8 Å². The molecule has 4 heteroatoms. The third-order valence-electron chi connectivity index (χ3n) is 1.29. The van der Waals surface area contributed by atoms with Crippen molar-refractivity contribution in [3.05, 3.63) is 17.8 Å². The van der Waals surface area contributed by atoms with Crippen LogP contribution in [0.2, 0.25) is 0 Å². The first-order valence-electron chi connectivity index (χ1n) is 3.56. The number of nitriles is 1. The highest BCUT2D eigenvalue weighted by atomic mass is 32.2. The van der Waals surface area contributed by atoms with Gasteiger partial charge in [0.05, 0.1) is 11.3 Å². The number of pyridine rings is 1. The molecule has 0 amide bonds. The van der Waals surface area contributed by atoms with Crippen LogP contribution in [0.25, 0.3) is 0 Å². The molecule has 1 aromatic heterocycles. The minimum absolute atomic E-state index is 0.507. The molecular weight excluding hydrogens is 170 g/mol. The van der Waals surface area contributed by atoms with Gasteiger partial charge in [0.1, 0.15) is 11.1 Å². The van der Waals surface area contributed by atoms with Gasteiger partial charge in [-0.2, -0.15) is 5.26 Å². The molecule has 0 aliphatic heterocycles. The summed E-state index contributed by atoms with van der Waals surface area (Å²) in [5.74, 6) is 0.934. The summed E-state index contributed by atoms with van der Waals surface area (Å²) < 4.78 is 0. The van der Waals surface area contributed by atoms with Crippen LogP contribution in [0.4, 0.5) is 5.69 Å². The number of aromatic nitrogens is 1. The van der Waals surface area contributed by atoms with Gasteiger partial charge in [0, 0.05) is 6.20 Å². The number of nitrogens with two attached hydrogens (primary N) is 1. The number of thioether (sulfide) groups is 1. The Morgan fingerprint density at radius 2 is 2.50 bits per heavy atom. The third-order valence-corrected chi connectivity index (χ3v) is 2.19. The maximum Gasteiger partial charge on any atom is 0.119 e. The molecule has 0 unspecified atom stereocenters. The number of nitrogens with zero attached hydrogens (tertiary/aromatic N) is 2. The SMILES string of the molecule is CCSc1ncc(C#N)cc1N. The van der Waals surface area contributed by atoms with Crippen molar-refractivity contribution in [2.75, 3.05) is 11.5 Å². The summed E-state index contributed by atoms with van der Waals surface area (Å²) in [7, 11) is 0. The molecular formula is C8H9N3S. The van der Waals surface area contributed by atoms with Gasteiger partial charge >= 0.3 is 0 Å². The smallest absolute Gasteiger partial charge is 0.119 e. The normalized spacial score (nSPS) is 9.33. The van der Waals surface area contributed by atoms with Crippen LogP contribution in [0.15, 0.2) is 17.3 Å². The number of nitrogen functional groups attached to an aromatic ring is 1. The van der Waals surface area contributed by atoms with Crippen molar-refractivity contribution in [3.8, 4) is 6.07 Å². The average Bonchev–Trinajstić information content (AvgIpc) is 2.09. The Bertz CT molecular complexity index is 317. The van der Waals surface area contributed by atoms with Crippen molar-refractivity contribution in [3.63, 3.8) is 0 Å². The maximum atomic E-state index is 8.53. The minimum atomic E-state index is 0.507. The van der Waals surface area contributed by atoms with E-state index in [1.807, 2.05) is 13.0 Å². The van der Waals surface area contributed by atoms with E-state index in [1.165, 1.54) is 6.20 Å². The standard InChI is InChI=1S/C8H9N3S/c1-2-12-8-7(10)3-6(4-9)5-11-8/h3,5H,2,10H2,1H3. The highest BCUT2D eigenvalue weighted by Gasteiger charge is 2.00. The summed E-state index contributed by atoms with van der Waals surface area (Å²) in [6, 6.07) is 3.63. The van der Waals surface area contributed by atoms with Crippen molar-refractivity contribution in [1.82, 2.24) is 4.98 Å². The molecule has 0 fully saturated rings. The van der Waals surface area contributed by atoms with Crippen molar-refractivity contribution in [1.29, 1.82) is 5.26 Å². The molecule has 1 aromatic rings. The van der Waals surface area contributed by atoms with Crippen LogP contribution in [0, 0.1) is 11.3 Å². The Morgan fingerprint density at radius 1 is 1.75 bits per heavy atom. The van der Waals surface area contributed by atoms with Crippen LogP contribution in [0.3, 0.4) is 0 Å². The molecule has 62 valence electrons. The van der Waals surface area contributed by atoms with E-state index in [9.17, 15) is 0 Å². The van der Waals surface area contributed by atoms with Crippen LogP contribution >= 0.6 is 11.8 Å². The van der Waals surface area contributed by atoms with Gasteiger partial charge in [-0.3, -0.25) is 0 Å². The van der Waals surface area contributed by atoms with Crippen LogP contribution in [-0.4, -0.2) is 10.7 Å². The van der Waals surface area contributed by atoms with E-state index in [2.05, 4.69) is 4.98 Å². The van der Waals surface area contributed by atoms with E-state index in [0.29, 0.717) is 11.3 Å². The summed E-state index contributed by atoms with van der Waals surface area (Å²) >= 11 is 1.58. The van der Waals surface area contributed by atoms with Gasteiger partial charge in [-0.25, -0.2) is 4.98 Å². The predicted octanol–water partition coefficient (Wildman–Crippen LogP) is 1.65. The Hall–Kier alpha value is -1.21. The maximum absolute atomic E-state index is 8.53. The molecule has 0 aliphatic rings. The Labute approximate surface area is 75.6 Å². The van der Waals surface area contributed by atoms with Gasteiger partial charge < -0.3 is 5.73 Å². The molecule has 0 aromatic carbocycles. The van der Waals surface area contributed by atoms with Crippen LogP contribution < -0.4 is 5.73 Å². The summed E-state index contributed by atoms with van der Waals surface area (Å²) in [5.41, 5.74) is 6.74. The van der Waals surface area contributed by atoms with E-state index in [1.54, 1.807) is 17.8 Å². The van der Waals surface area contributed by atoms with Crippen molar-refractivity contribution in [2.24, 2.45) is 0 Å². The van der Waals surface area contributed by atoms with Gasteiger partial charge in [0.15, 0.2) is 0 Å². The van der Waals surface area contributed by atoms with E-state index < -0.39 is 0 Å². The molecule has 1 heterocycles. The van der Waals surface area contributed by atoms with Crippen LogP contribution in [-0.2, 0) is 0 Å². The van der Waals surface area contributed by atoms with E-state index >= 15 is 0 Å². The fourth-order valence-electron chi connectivity index (χ4n) is 0.788. The second-order valence-electron chi connectivity index (χ2n) is 2.16. The fourth-order valence-corrected chi connectivity index (χ4v) is 1.41. The van der Waals surface area contributed by atoms with Crippen LogP contribution in [0.1, 0.15) is 12.5 Å². The van der Waals surface area contributed by atoms with E-state index in [-0.39, 0.29) is 0 Å². The molecule has 1 rings (SSSR count). The molecule has 3 nitrogen and oxygen atoms in total. The third kappa shape index (κ3) is 1.89. The van der Waals surface area contributed by atoms with Gasteiger partial charge in [-0.1, -0.05) is 6.92 Å². The van der Waals surface area contributed by atoms with Gasteiger partial charge in [0.25, 0.3) is 0 Å². The van der Waals surface area contributed by atoms with Gasteiger partial charge in [0.2, 0.25) is 0 Å². The lowest BCUT2D eigenvalue weighted by Gasteiger charge is -2.01. The largest absolute Gasteiger partial charge is 0.397 e. The summed E-state index contributed by atoms with van der Waals surface area (Å²) in [4.78, 5) is 4.05. The van der Waals surface area contributed by atoms with Crippen LogP contribution in [0.5, 0.6) is 0 Å². The number of hydrogen-bond acceptors (Lipinski definition) is 4. The zero-order valence-electron chi connectivity index (χ0n) is 6.74. The molecule has 0 saturated carbocycles. The quantitative estimate of drug-likeness (QED) is 0.701. The summed E-state index contributed by atoms with van der Waals surface area (Å²) in [6.45, 7) is 2.03. The summed E-state index contributed by atoms with van der Waals surface area (Å²) in [6.07, 6.45) is 1.54. The lowest BCUT2D eigenvalue weighted by molar-refractivity contribution is 1.13. The Morgan fingerprint density at radius 3 is 3.00 bits per heavy atom. The zero-order valence-corrected chi connectivity index (χ0v) is 7.56. The second-order valence-corrected chi connectivity index (χ2v) is 3.42. The first kappa shape index (κ1) is 8.88. The lowest BCUT2D eigenvalue weighted by Crippen LogP contribution is -1.93. The van der Waals surface area contributed by atoms with Crippen molar-refractivity contribution in [2.45, 2.75) is 11.9 Å². The highest BCUT2D eigenvalue weighted by Crippen LogP contribution is 2.22. The topological polar surface area (TPSA) is 62.7 Å². The van der Waals surface area contributed by atoms with E-state index in [4.69, 9.17) is 11.0 Å². The second kappa shape index (κ2) is 3.98. The Balaban J connectivity index is 2.97. The molecule has 0 aliphatic carbocycles. The van der Waals surface area contributed by atoms with Crippen molar-refractivity contribution < 1.29 is 0 Å². The first-order valence-corrected chi connectivity index (χ1v) is 4.55. The van der Waals surface area contributed by atoms with Gasteiger partial charge in [-0.15, -0.1) is 11.8 Å². The summed E-state index contributed by atoms with van der Waals surface area (Å²) in [5, 5.41) is 9.33. The monoisotopic (exact) mass is 179 g/mol. The van der Waals surface area contributed by atoms with Crippen molar-refractivity contribution >= 4 is 17.4 Å². The van der Waals surface area contributed by atoms with E-state index in [0.717, 1.165) is 10.8 Å². The highest BCUT2D eigenvalue weighted by molar-refractivity contribution is 7.99. The number of hydrogen-bond donors (Lipinski definition) is 1. The molecule has 0 atom stereocenters. The Kier molecular flexibility index (Phi) is 2.94.